The van der Waals surface area contributed by atoms with Gasteiger partial charge in [0, 0.05) is 19.0 Å². The van der Waals surface area contributed by atoms with Crippen molar-refractivity contribution in [1.82, 2.24) is 9.55 Å². The summed E-state index contributed by atoms with van der Waals surface area (Å²) in [4.78, 5) is 14.8. The Bertz CT molecular complexity index is 550. The molecule has 1 fully saturated rings. The van der Waals surface area contributed by atoms with Crippen LogP contribution in [0.4, 0.5) is 10.2 Å². The summed E-state index contributed by atoms with van der Waals surface area (Å²) in [6.07, 6.45) is 7.50. The molecule has 1 aromatic rings. The fourth-order valence-corrected chi connectivity index (χ4v) is 2.10. The second kappa shape index (κ2) is 6.15. The Morgan fingerprint density at radius 1 is 1.60 bits per heavy atom. The SMILES string of the molecule is Nc1nc(=O)n(/C=C\CCC2(O)CCCCO2)cc1F. The van der Waals surface area contributed by atoms with E-state index in [0.717, 1.165) is 23.6 Å². The number of anilines is 1. The molecule has 0 amide bonds. The summed E-state index contributed by atoms with van der Waals surface area (Å²) in [5, 5.41) is 10.1. The highest BCUT2D eigenvalue weighted by molar-refractivity contribution is 5.30. The third kappa shape index (κ3) is 3.64. The van der Waals surface area contributed by atoms with E-state index in [2.05, 4.69) is 4.98 Å². The van der Waals surface area contributed by atoms with E-state index in [1.807, 2.05) is 0 Å². The predicted molar refractivity (Wildman–Crippen MR) is 72.2 cm³/mol. The summed E-state index contributed by atoms with van der Waals surface area (Å²) < 4.78 is 19.5. The average molecular weight is 283 g/mol. The molecule has 0 spiro atoms. The first-order valence-electron chi connectivity index (χ1n) is 6.57. The van der Waals surface area contributed by atoms with Gasteiger partial charge in [-0.2, -0.15) is 4.98 Å². The molecule has 6 nitrogen and oxygen atoms in total. The van der Waals surface area contributed by atoms with Crippen molar-refractivity contribution in [2.75, 3.05) is 12.3 Å². The minimum absolute atomic E-state index is 0.412. The highest BCUT2D eigenvalue weighted by Crippen LogP contribution is 2.26. The van der Waals surface area contributed by atoms with Gasteiger partial charge in [0.2, 0.25) is 0 Å². The topological polar surface area (TPSA) is 90.4 Å². The molecule has 1 aliphatic heterocycles. The number of halogens is 1. The molecule has 1 saturated heterocycles. The van der Waals surface area contributed by atoms with Gasteiger partial charge in [0.25, 0.3) is 0 Å². The molecular formula is C13H18FN3O3. The normalized spacial score (nSPS) is 23.3. The second-order valence-corrected chi connectivity index (χ2v) is 4.84. The molecule has 2 rings (SSSR count). The van der Waals surface area contributed by atoms with Crippen LogP contribution in [-0.4, -0.2) is 27.1 Å². The van der Waals surface area contributed by atoms with Gasteiger partial charge in [-0.05, 0) is 19.3 Å². The average Bonchev–Trinajstić information content (AvgIpc) is 2.41. The minimum Gasteiger partial charge on any atom is -0.381 e. The van der Waals surface area contributed by atoms with Crippen molar-refractivity contribution >= 4 is 12.0 Å². The van der Waals surface area contributed by atoms with Gasteiger partial charge in [-0.15, -0.1) is 0 Å². The van der Waals surface area contributed by atoms with Crippen molar-refractivity contribution in [2.45, 2.75) is 37.9 Å². The zero-order valence-corrected chi connectivity index (χ0v) is 11.1. The molecule has 0 aliphatic carbocycles. The lowest BCUT2D eigenvalue weighted by molar-refractivity contribution is -0.227. The Kier molecular flexibility index (Phi) is 4.51. The fourth-order valence-electron chi connectivity index (χ4n) is 2.10. The third-order valence-electron chi connectivity index (χ3n) is 3.23. The van der Waals surface area contributed by atoms with Gasteiger partial charge in [-0.1, -0.05) is 6.08 Å². The first-order chi connectivity index (χ1) is 9.50. The molecule has 0 aromatic carbocycles. The van der Waals surface area contributed by atoms with Crippen LogP contribution in [-0.2, 0) is 4.74 Å². The Morgan fingerprint density at radius 3 is 3.10 bits per heavy atom. The van der Waals surface area contributed by atoms with Gasteiger partial charge in [0.15, 0.2) is 17.4 Å². The molecule has 2 heterocycles. The quantitative estimate of drug-likeness (QED) is 0.863. The van der Waals surface area contributed by atoms with Crippen molar-refractivity contribution in [3.63, 3.8) is 0 Å². The third-order valence-corrected chi connectivity index (χ3v) is 3.23. The van der Waals surface area contributed by atoms with Crippen molar-refractivity contribution < 1.29 is 14.2 Å². The molecule has 1 aliphatic rings. The highest BCUT2D eigenvalue weighted by Gasteiger charge is 2.28. The van der Waals surface area contributed by atoms with Crippen molar-refractivity contribution in [1.29, 1.82) is 0 Å². The van der Waals surface area contributed by atoms with Crippen LogP contribution in [0.5, 0.6) is 0 Å². The van der Waals surface area contributed by atoms with E-state index >= 15 is 0 Å². The summed E-state index contributed by atoms with van der Waals surface area (Å²) in [5.41, 5.74) is 4.54. The van der Waals surface area contributed by atoms with Gasteiger partial charge in [0.05, 0.1) is 12.8 Å². The van der Waals surface area contributed by atoms with E-state index in [1.165, 1.54) is 6.20 Å². The molecule has 1 unspecified atom stereocenters. The van der Waals surface area contributed by atoms with E-state index in [-0.39, 0.29) is 0 Å². The van der Waals surface area contributed by atoms with Crippen LogP contribution in [0.15, 0.2) is 17.1 Å². The van der Waals surface area contributed by atoms with Crippen LogP contribution in [0, 0.1) is 5.82 Å². The number of rotatable bonds is 4. The number of nitrogens with two attached hydrogens (primary N) is 1. The van der Waals surface area contributed by atoms with Crippen LogP contribution >= 0.6 is 0 Å². The van der Waals surface area contributed by atoms with E-state index in [4.69, 9.17) is 10.5 Å². The maximum atomic E-state index is 13.2. The van der Waals surface area contributed by atoms with Gasteiger partial charge in [-0.25, -0.2) is 9.18 Å². The molecule has 7 heteroatoms. The number of aliphatic hydroxyl groups is 1. The fraction of sp³-hybridized carbons (Fsp3) is 0.538. The summed E-state index contributed by atoms with van der Waals surface area (Å²) >= 11 is 0. The molecule has 0 radical (unpaired) electrons. The van der Waals surface area contributed by atoms with Crippen molar-refractivity contribution in [3.05, 3.63) is 28.6 Å². The smallest absolute Gasteiger partial charge is 0.353 e. The van der Waals surface area contributed by atoms with Gasteiger partial charge >= 0.3 is 5.69 Å². The zero-order chi connectivity index (χ0) is 14.6. The molecule has 3 N–H and O–H groups in total. The number of nitrogens with zero attached hydrogens (tertiary/aromatic N) is 2. The molecular weight excluding hydrogens is 265 g/mol. The van der Waals surface area contributed by atoms with Crippen LogP contribution in [0.1, 0.15) is 32.1 Å². The van der Waals surface area contributed by atoms with Crippen LogP contribution < -0.4 is 11.4 Å². The first kappa shape index (κ1) is 14.7. The number of hydrogen-bond acceptors (Lipinski definition) is 5. The largest absolute Gasteiger partial charge is 0.381 e. The molecule has 20 heavy (non-hydrogen) atoms. The number of ether oxygens (including phenoxy) is 1. The lowest BCUT2D eigenvalue weighted by atomic mass is 10.0. The van der Waals surface area contributed by atoms with E-state index in [1.54, 1.807) is 6.08 Å². The molecule has 1 aromatic heterocycles. The first-order valence-corrected chi connectivity index (χ1v) is 6.57. The van der Waals surface area contributed by atoms with Gasteiger partial charge in [-0.3, -0.25) is 4.57 Å². The van der Waals surface area contributed by atoms with Crippen molar-refractivity contribution in [3.8, 4) is 0 Å². The Balaban J connectivity index is 1.93. The molecule has 0 bridgehead atoms. The molecule has 0 saturated carbocycles. The predicted octanol–water partition coefficient (Wildman–Crippen LogP) is 1.10. The maximum Gasteiger partial charge on any atom is 0.353 e. The van der Waals surface area contributed by atoms with Gasteiger partial charge in [0.1, 0.15) is 0 Å². The second-order valence-electron chi connectivity index (χ2n) is 4.84. The number of hydrogen-bond donors (Lipinski definition) is 2. The van der Waals surface area contributed by atoms with Crippen LogP contribution in [0.3, 0.4) is 0 Å². The monoisotopic (exact) mass is 283 g/mol. The summed E-state index contributed by atoms with van der Waals surface area (Å²) in [6, 6.07) is 0. The van der Waals surface area contributed by atoms with E-state index < -0.39 is 23.1 Å². The van der Waals surface area contributed by atoms with Crippen LogP contribution in [0.2, 0.25) is 0 Å². The Labute approximate surface area is 115 Å². The van der Waals surface area contributed by atoms with Crippen LogP contribution in [0.25, 0.3) is 6.20 Å². The highest BCUT2D eigenvalue weighted by atomic mass is 19.1. The summed E-state index contributed by atoms with van der Waals surface area (Å²) in [6.45, 7) is 0.562. The summed E-state index contributed by atoms with van der Waals surface area (Å²) in [5.74, 6) is -2.24. The number of allylic oxidation sites excluding steroid dienone is 1. The van der Waals surface area contributed by atoms with Crippen molar-refractivity contribution in [2.24, 2.45) is 0 Å². The number of nitrogen functional groups attached to an aromatic ring is 1. The lowest BCUT2D eigenvalue weighted by Gasteiger charge is -2.31. The van der Waals surface area contributed by atoms with E-state index in [0.29, 0.717) is 25.9 Å². The Morgan fingerprint density at radius 2 is 2.40 bits per heavy atom. The maximum absolute atomic E-state index is 13.2. The standard InChI is InChI=1S/C13H18FN3O3/c14-10-9-17(12(18)16-11(10)15)7-3-1-5-13(19)6-2-4-8-20-13/h3,7,9,19H,1-2,4-6,8H2,(H2,15,16,18)/b7-3-. The summed E-state index contributed by atoms with van der Waals surface area (Å²) in [7, 11) is 0. The lowest BCUT2D eigenvalue weighted by Crippen LogP contribution is -2.35. The van der Waals surface area contributed by atoms with E-state index in [9.17, 15) is 14.3 Å². The zero-order valence-electron chi connectivity index (χ0n) is 11.1. The minimum atomic E-state index is -1.09. The molecule has 1 atom stereocenters. The number of aromatic nitrogens is 2. The van der Waals surface area contributed by atoms with Gasteiger partial charge < -0.3 is 15.6 Å². The Hall–Kier alpha value is -1.73. The molecule has 110 valence electrons.